The molecule has 0 radical (unpaired) electrons. The van der Waals surface area contributed by atoms with Gasteiger partial charge in [-0.1, -0.05) is 0 Å². The lowest BCUT2D eigenvalue weighted by atomic mass is 9.98. The van der Waals surface area contributed by atoms with Crippen LogP contribution in [-0.4, -0.2) is 80.3 Å². The van der Waals surface area contributed by atoms with E-state index in [1.165, 1.54) is 7.11 Å². The van der Waals surface area contributed by atoms with Gasteiger partial charge >= 0.3 is 5.97 Å². The van der Waals surface area contributed by atoms with Gasteiger partial charge in [-0.15, -0.1) is 0 Å². The second-order valence-electron chi connectivity index (χ2n) is 5.10. The smallest absolute Gasteiger partial charge is 0.319 e. The molecule has 108 valence electrons. The highest BCUT2D eigenvalue weighted by molar-refractivity contribution is 5.86. The van der Waals surface area contributed by atoms with Gasteiger partial charge in [0, 0.05) is 32.8 Å². The normalized spacial score (nSPS) is 28.4. The first-order valence-corrected chi connectivity index (χ1v) is 6.50. The van der Waals surface area contributed by atoms with E-state index in [9.17, 15) is 9.59 Å². The summed E-state index contributed by atoms with van der Waals surface area (Å²) < 4.78 is 9.84. The van der Waals surface area contributed by atoms with Crippen LogP contribution in [0.4, 0.5) is 0 Å². The van der Waals surface area contributed by atoms with Gasteiger partial charge in [0.05, 0.1) is 20.3 Å². The van der Waals surface area contributed by atoms with E-state index in [0.717, 1.165) is 0 Å². The van der Waals surface area contributed by atoms with Crippen molar-refractivity contribution in [2.45, 2.75) is 12.0 Å². The molecule has 0 saturated carbocycles. The van der Waals surface area contributed by atoms with Gasteiger partial charge in [0.1, 0.15) is 5.54 Å². The maximum Gasteiger partial charge on any atom is 0.319 e. The van der Waals surface area contributed by atoms with Crippen LogP contribution in [0.3, 0.4) is 0 Å². The summed E-state index contributed by atoms with van der Waals surface area (Å²) >= 11 is 0. The molecule has 2 fully saturated rings. The number of methoxy groups -OCH3 is 1. The first-order chi connectivity index (χ1) is 9.05. The molecular formula is C12H21N3O4. The van der Waals surface area contributed by atoms with Gasteiger partial charge in [-0.25, -0.2) is 0 Å². The minimum absolute atomic E-state index is 0.0391. The fraction of sp³-hybridized carbons (Fsp3) is 0.833. The molecule has 2 aliphatic heterocycles. The molecule has 0 spiro atoms. The molecule has 19 heavy (non-hydrogen) atoms. The van der Waals surface area contributed by atoms with Crippen molar-refractivity contribution in [3.05, 3.63) is 0 Å². The highest BCUT2D eigenvalue weighted by Crippen LogP contribution is 2.19. The second-order valence-corrected chi connectivity index (χ2v) is 5.10. The predicted octanol–water partition coefficient (Wildman–Crippen LogP) is -1.58. The lowest BCUT2D eigenvalue weighted by molar-refractivity contribution is -0.143. The summed E-state index contributed by atoms with van der Waals surface area (Å²) in [5.74, 6) is -0.290. The molecule has 7 heteroatoms. The fourth-order valence-corrected chi connectivity index (χ4v) is 2.42. The Morgan fingerprint density at radius 1 is 1.32 bits per heavy atom. The first kappa shape index (κ1) is 14.2. The number of nitrogens with zero attached hydrogens (tertiary/aromatic N) is 2. The number of hydrogen-bond acceptors (Lipinski definition) is 6. The minimum atomic E-state index is -0.857. The molecule has 0 aromatic carbocycles. The van der Waals surface area contributed by atoms with Crippen LogP contribution < -0.4 is 5.73 Å². The van der Waals surface area contributed by atoms with Crippen molar-refractivity contribution in [3.63, 3.8) is 0 Å². The average molecular weight is 271 g/mol. The number of ether oxygens (including phenoxy) is 2. The Morgan fingerprint density at radius 3 is 2.53 bits per heavy atom. The molecule has 2 heterocycles. The number of esters is 1. The molecule has 2 aliphatic rings. The van der Waals surface area contributed by atoms with E-state index in [1.54, 1.807) is 4.90 Å². The van der Waals surface area contributed by atoms with E-state index < -0.39 is 5.54 Å². The number of nitrogens with two attached hydrogens (primary N) is 1. The Bertz CT molecular complexity index is 347. The zero-order chi connectivity index (χ0) is 13.9. The SMILES string of the molecule is COC(=O)CN1CCN(C(=O)C2(N)CCOC2)CC1. The van der Waals surface area contributed by atoms with Crippen LogP contribution >= 0.6 is 0 Å². The number of carbonyl (C=O) groups excluding carboxylic acids is 2. The molecule has 2 saturated heterocycles. The summed E-state index contributed by atoms with van der Waals surface area (Å²) in [7, 11) is 1.38. The summed E-state index contributed by atoms with van der Waals surface area (Å²) in [4.78, 5) is 27.2. The lowest BCUT2D eigenvalue weighted by Crippen LogP contribution is -2.60. The van der Waals surface area contributed by atoms with Gasteiger partial charge in [0.25, 0.3) is 0 Å². The zero-order valence-electron chi connectivity index (χ0n) is 11.3. The van der Waals surface area contributed by atoms with Crippen LogP contribution in [0.15, 0.2) is 0 Å². The van der Waals surface area contributed by atoms with Crippen LogP contribution in [0.25, 0.3) is 0 Å². The minimum Gasteiger partial charge on any atom is -0.468 e. The molecule has 1 unspecified atom stereocenters. The molecule has 1 atom stereocenters. The predicted molar refractivity (Wildman–Crippen MR) is 67.4 cm³/mol. The largest absolute Gasteiger partial charge is 0.468 e. The van der Waals surface area contributed by atoms with Crippen molar-refractivity contribution in [1.29, 1.82) is 0 Å². The number of hydrogen-bond donors (Lipinski definition) is 1. The quantitative estimate of drug-likeness (QED) is 0.624. The number of carbonyl (C=O) groups is 2. The third-order valence-electron chi connectivity index (χ3n) is 3.72. The highest BCUT2D eigenvalue weighted by Gasteiger charge is 2.41. The third-order valence-corrected chi connectivity index (χ3v) is 3.72. The van der Waals surface area contributed by atoms with Gasteiger partial charge in [-0.05, 0) is 6.42 Å². The van der Waals surface area contributed by atoms with Crippen molar-refractivity contribution in [2.24, 2.45) is 5.73 Å². The maximum atomic E-state index is 12.3. The Hall–Kier alpha value is -1.18. The summed E-state index contributed by atoms with van der Waals surface area (Å²) in [6, 6.07) is 0. The third kappa shape index (κ3) is 3.23. The maximum absolute atomic E-state index is 12.3. The highest BCUT2D eigenvalue weighted by atomic mass is 16.5. The van der Waals surface area contributed by atoms with Crippen LogP contribution in [-0.2, 0) is 19.1 Å². The summed E-state index contributed by atoms with van der Waals surface area (Å²) in [5, 5.41) is 0. The van der Waals surface area contributed by atoms with Gasteiger partial charge in [-0.2, -0.15) is 0 Å². The Morgan fingerprint density at radius 2 is 2.00 bits per heavy atom. The monoisotopic (exact) mass is 271 g/mol. The standard InChI is InChI=1S/C12H21N3O4/c1-18-10(16)8-14-3-5-15(6-4-14)11(17)12(13)2-7-19-9-12/h2-9,13H2,1H3. The van der Waals surface area contributed by atoms with Crippen LogP contribution in [0.1, 0.15) is 6.42 Å². The Balaban J connectivity index is 1.82. The van der Waals surface area contributed by atoms with Crippen LogP contribution in [0, 0.1) is 0 Å². The zero-order valence-corrected chi connectivity index (χ0v) is 11.3. The number of rotatable bonds is 3. The summed E-state index contributed by atoms with van der Waals surface area (Å²) in [6.45, 7) is 3.63. The van der Waals surface area contributed by atoms with Gasteiger partial charge < -0.3 is 20.1 Å². The van der Waals surface area contributed by atoms with Crippen LogP contribution in [0.2, 0.25) is 0 Å². The average Bonchev–Trinajstić information content (AvgIpc) is 2.87. The van der Waals surface area contributed by atoms with Crippen molar-refractivity contribution in [3.8, 4) is 0 Å². The molecule has 2 rings (SSSR count). The van der Waals surface area contributed by atoms with E-state index in [1.807, 2.05) is 4.90 Å². The van der Waals surface area contributed by atoms with E-state index in [-0.39, 0.29) is 18.4 Å². The second kappa shape index (κ2) is 5.85. The molecule has 0 aromatic heterocycles. The molecule has 7 nitrogen and oxygen atoms in total. The molecule has 1 amide bonds. The van der Waals surface area contributed by atoms with Gasteiger partial charge in [0.2, 0.25) is 5.91 Å². The van der Waals surface area contributed by atoms with Crippen LogP contribution in [0.5, 0.6) is 0 Å². The van der Waals surface area contributed by atoms with Crippen molar-refractivity contribution >= 4 is 11.9 Å². The molecular weight excluding hydrogens is 250 g/mol. The molecule has 0 aromatic rings. The summed E-state index contributed by atoms with van der Waals surface area (Å²) in [5.41, 5.74) is 5.21. The lowest BCUT2D eigenvalue weighted by Gasteiger charge is -2.37. The van der Waals surface area contributed by atoms with E-state index in [0.29, 0.717) is 45.8 Å². The fourth-order valence-electron chi connectivity index (χ4n) is 2.42. The molecule has 0 bridgehead atoms. The molecule has 0 aliphatic carbocycles. The number of amides is 1. The van der Waals surface area contributed by atoms with E-state index >= 15 is 0 Å². The topological polar surface area (TPSA) is 85.1 Å². The van der Waals surface area contributed by atoms with Crippen molar-refractivity contribution in [1.82, 2.24) is 9.80 Å². The van der Waals surface area contributed by atoms with Gasteiger partial charge in [0.15, 0.2) is 0 Å². The van der Waals surface area contributed by atoms with E-state index in [2.05, 4.69) is 4.74 Å². The summed E-state index contributed by atoms with van der Waals surface area (Å²) in [6.07, 6.45) is 0.578. The first-order valence-electron chi connectivity index (χ1n) is 6.50. The van der Waals surface area contributed by atoms with Crippen molar-refractivity contribution < 1.29 is 19.1 Å². The van der Waals surface area contributed by atoms with E-state index in [4.69, 9.17) is 10.5 Å². The van der Waals surface area contributed by atoms with Gasteiger partial charge in [-0.3, -0.25) is 14.5 Å². The Labute approximate surface area is 112 Å². The number of piperazine rings is 1. The van der Waals surface area contributed by atoms with Crippen molar-refractivity contribution in [2.75, 3.05) is 53.0 Å². The Kier molecular flexibility index (Phi) is 4.38. The molecule has 2 N–H and O–H groups in total.